The fourth-order valence-corrected chi connectivity index (χ4v) is 0.628. The second-order valence-electron chi connectivity index (χ2n) is 2.98. The van der Waals surface area contributed by atoms with Gasteiger partial charge in [-0.3, -0.25) is 0 Å². The smallest absolute Gasteiger partial charge is 0.0991 e. The molecule has 0 saturated carbocycles. The molecule has 0 spiro atoms. The van der Waals surface area contributed by atoms with Crippen molar-refractivity contribution >= 4 is 0 Å². The van der Waals surface area contributed by atoms with Crippen LogP contribution in [0.15, 0.2) is 24.3 Å². The fraction of sp³-hybridized carbons (Fsp3) is 0.417. The molecule has 1 nitrogen and oxygen atoms in total. The molecule has 0 fully saturated rings. The van der Waals surface area contributed by atoms with E-state index in [0.717, 1.165) is 5.56 Å². The predicted octanol–water partition coefficient (Wildman–Crippen LogP) is 3.67. The van der Waals surface area contributed by atoms with Crippen molar-refractivity contribution in [2.75, 3.05) is 0 Å². The summed E-state index contributed by atoms with van der Waals surface area (Å²) in [5.74, 6) is 0. The topological polar surface area (TPSA) is 23.8 Å². The summed E-state index contributed by atoms with van der Waals surface area (Å²) in [7, 11) is 0. The maximum absolute atomic E-state index is 8.38. The van der Waals surface area contributed by atoms with E-state index in [9.17, 15) is 0 Å². The molecule has 0 amide bonds. The van der Waals surface area contributed by atoms with Gasteiger partial charge in [-0.05, 0) is 19.1 Å². The Morgan fingerprint density at radius 2 is 1.54 bits per heavy atom. The van der Waals surface area contributed by atoms with Crippen LogP contribution in [0.25, 0.3) is 0 Å². The lowest BCUT2D eigenvalue weighted by Crippen LogP contribution is -1.72. The van der Waals surface area contributed by atoms with Gasteiger partial charge in [-0.2, -0.15) is 5.26 Å². The molecule has 0 aromatic heterocycles. The highest BCUT2D eigenvalue weighted by Crippen LogP contribution is 1.99. The molecule has 0 bridgehead atoms. The molecule has 0 aliphatic rings. The predicted molar refractivity (Wildman–Crippen MR) is 56.5 cm³/mol. The molecule has 0 N–H and O–H groups in total. The number of nitriles is 1. The second-order valence-corrected chi connectivity index (χ2v) is 2.98. The molecule has 1 rings (SSSR count). The van der Waals surface area contributed by atoms with Gasteiger partial charge in [-0.25, -0.2) is 0 Å². The summed E-state index contributed by atoms with van der Waals surface area (Å²) in [6.07, 6.45) is 2.64. The van der Waals surface area contributed by atoms with Gasteiger partial charge in [0, 0.05) is 0 Å². The van der Waals surface area contributed by atoms with Crippen LogP contribution in [-0.2, 0) is 0 Å². The van der Waals surface area contributed by atoms with E-state index in [1.165, 1.54) is 18.4 Å². The van der Waals surface area contributed by atoms with Gasteiger partial charge in [-0.15, -0.1) is 0 Å². The van der Waals surface area contributed by atoms with E-state index in [1.807, 2.05) is 31.2 Å². The highest BCUT2D eigenvalue weighted by atomic mass is 14.2. The van der Waals surface area contributed by atoms with E-state index in [0.29, 0.717) is 0 Å². The largest absolute Gasteiger partial charge is 0.192 e. The minimum absolute atomic E-state index is 0.723. The molecule has 0 atom stereocenters. The van der Waals surface area contributed by atoms with Crippen LogP contribution in [0.4, 0.5) is 0 Å². The number of nitrogens with zero attached hydrogens (tertiary/aromatic N) is 1. The zero-order chi connectivity index (χ0) is 10.1. The summed E-state index contributed by atoms with van der Waals surface area (Å²) in [5, 5.41) is 8.38. The molecule has 0 aliphatic heterocycles. The number of hydrogen-bond donors (Lipinski definition) is 0. The van der Waals surface area contributed by atoms with Gasteiger partial charge >= 0.3 is 0 Å². The van der Waals surface area contributed by atoms with Gasteiger partial charge in [0.2, 0.25) is 0 Å². The summed E-state index contributed by atoms with van der Waals surface area (Å²) in [4.78, 5) is 0. The monoisotopic (exact) mass is 175 g/mol. The average molecular weight is 175 g/mol. The first kappa shape index (κ1) is 11.7. The van der Waals surface area contributed by atoms with Gasteiger partial charge in [0.1, 0.15) is 0 Å². The summed E-state index contributed by atoms with van der Waals surface area (Å²) < 4.78 is 0. The molecule has 0 heterocycles. The van der Waals surface area contributed by atoms with Crippen LogP contribution < -0.4 is 0 Å². The highest BCUT2D eigenvalue weighted by molar-refractivity contribution is 5.30. The minimum atomic E-state index is 0.723. The zero-order valence-electron chi connectivity index (χ0n) is 8.67. The Balaban J connectivity index is 0.000000310. The van der Waals surface area contributed by atoms with E-state index in [-0.39, 0.29) is 0 Å². The number of hydrogen-bond acceptors (Lipinski definition) is 1. The first-order valence-electron chi connectivity index (χ1n) is 4.71. The van der Waals surface area contributed by atoms with Crippen LogP contribution in [0.2, 0.25) is 0 Å². The van der Waals surface area contributed by atoms with Crippen LogP contribution in [0.1, 0.15) is 37.8 Å². The molecule has 0 unspecified atom stereocenters. The van der Waals surface area contributed by atoms with Crippen LogP contribution in [0, 0.1) is 18.3 Å². The summed E-state index contributed by atoms with van der Waals surface area (Å²) in [5.41, 5.74) is 1.91. The fourth-order valence-electron chi connectivity index (χ4n) is 0.628. The Labute approximate surface area is 81.0 Å². The highest BCUT2D eigenvalue weighted by Gasteiger charge is 1.84. The quantitative estimate of drug-likeness (QED) is 0.638. The number of unbranched alkanes of at least 4 members (excludes halogenated alkanes) is 1. The van der Waals surface area contributed by atoms with Crippen molar-refractivity contribution < 1.29 is 0 Å². The van der Waals surface area contributed by atoms with E-state index < -0.39 is 0 Å². The van der Waals surface area contributed by atoms with Gasteiger partial charge in [-0.1, -0.05) is 44.4 Å². The van der Waals surface area contributed by atoms with Gasteiger partial charge in [0.25, 0.3) is 0 Å². The number of rotatable bonds is 1. The summed E-state index contributed by atoms with van der Waals surface area (Å²) in [6, 6.07) is 9.54. The lowest BCUT2D eigenvalue weighted by molar-refractivity contribution is 0.886. The van der Waals surface area contributed by atoms with Crippen LogP contribution in [0.3, 0.4) is 0 Å². The van der Waals surface area contributed by atoms with Crippen molar-refractivity contribution in [3.8, 4) is 6.07 Å². The molecule has 70 valence electrons. The molecular weight excluding hydrogens is 158 g/mol. The third-order valence-corrected chi connectivity index (χ3v) is 1.68. The number of benzene rings is 1. The van der Waals surface area contributed by atoms with Crippen molar-refractivity contribution in [2.24, 2.45) is 0 Å². The van der Waals surface area contributed by atoms with Crippen LogP contribution in [-0.4, -0.2) is 0 Å². The Hall–Kier alpha value is -1.29. The SMILES string of the molecule is CCCC.Cc1ccc(C#N)cc1. The van der Waals surface area contributed by atoms with E-state index in [2.05, 4.69) is 19.9 Å². The molecule has 1 heteroatoms. The normalized spacial score (nSPS) is 8.15. The van der Waals surface area contributed by atoms with Gasteiger partial charge in [0.15, 0.2) is 0 Å². The molecule has 0 aliphatic carbocycles. The lowest BCUT2D eigenvalue weighted by Gasteiger charge is -1.88. The Bertz CT molecular complexity index is 251. The zero-order valence-corrected chi connectivity index (χ0v) is 8.67. The van der Waals surface area contributed by atoms with E-state index in [1.54, 1.807) is 0 Å². The molecule has 0 saturated heterocycles. The first-order chi connectivity index (χ1) is 6.24. The Morgan fingerprint density at radius 1 is 1.08 bits per heavy atom. The molecule has 0 radical (unpaired) electrons. The maximum atomic E-state index is 8.38. The minimum Gasteiger partial charge on any atom is -0.192 e. The maximum Gasteiger partial charge on any atom is 0.0991 e. The average Bonchev–Trinajstić information content (AvgIpc) is 2.19. The summed E-state index contributed by atoms with van der Waals surface area (Å²) >= 11 is 0. The van der Waals surface area contributed by atoms with E-state index >= 15 is 0 Å². The molecule has 1 aromatic rings. The third-order valence-electron chi connectivity index (χ3n) is 1.68. The van der Waals surface area contributed by atoms with Crippen molar-refractivity contribution in [1.29, 1.82) is 5.26 Å². The standard InChI is InChI=1S/C8H7N.C4H10/c1-7-2-4-8(6-9)5-3-7;1-3-4-2/h2-5H,1H3;3-4H2,1-2H3. The van der Waals surface area contributed by atoms with Crippen LogP contribution in [0.5, 0.6) is 0 Å². The van der Waals surface area contributed by atoms with Gasteiger partial charge < -0.3 is 0 Å². The first-order valence-corrected chi connectivity index (χ1v) is 4.71. The van der Waals surface area contributed by atoms with Crippen molar-refractivity contribution in [2.45, 2.75) is 33.6 Å². The second kappa shape index (κ2) is 7.36. The lowest BCUT2D eigenvalue weighted by atomic mass is 10.2. The number of aryl methyl sites for hydroxylation is 1. The summed E-state index contributed by atoms with van der Waals surface area (Å²) in [6.45, 7) is 6.36. The van der Waals surface area contributed by atoms with Crippen molar-refractivity contribution in [3.05, 3.63) is 35.4 Å². The molecular formula is C12H17N. The van der Waals surface area contributed by atoms with Crippen molar-refractivity contribution in [3.63, 3.8) is 0 Å². The van der Waals surface area contributed by atoms with Gasteiger partial charge in [0.05, 0.1) is 11.6 Å². The molecule has 1 aromatic carbocycles. The van der Waals surface area contributed by atoms with Crippen molar-refractivity contribution in [1.82, 2.24) is 0 Å². The Morgan fingerprint density at radius 3 is 1.85 bits per heavy atom. The third kappa shape index (κ3) is 5.93. The Kier molecular flexibility index (Phi) is 6.63. The molecule has 13 heavy (non-hydrogen) atoms. The van der Waals surface area contributed by atoms with E-state index in [4.69, 9.17) is 5.26 Å². The van der Waals surface area contributed by atoms with Crippen LogP contribution >= 0.6 is 0 Å².